The Bertz CT molecular complexity index is 225. The molecular weight excluding hydrogens is 172 g/mol. The van der Waals surface area contributed by atoms with Crippen LogP contribution in [0.25, 0.3) is 0 Å². The standard InChI is InChI=1S/C13H22O/c1-10-8-13(6-4-3-5-7-13)9-12(10)11(2)14/h10,12H,3-9H2,1-2H3. The fourth-order valence-electron chi connectivity index (χ4n) is 3.83. The highest BCUT2D eigenvalue weighted by atomic mass is 16.1. The van der Waals surface area contributed by atoms with E-state index in [-0.39, 0.29) is 0 Å². The smallest absolute Gasteiger partial charge is 0.133 e. The summed E-state index contributed by atoms with van der Waals surface area (Å²) in [5, 5.41) is 0. The molecule has 0 aromatic heterocycles. The largest absolute Gasteiger partial charge is 0.300 e. The molecule has 14 heavy (non-hydrogen) atoms. The summed E-state index contributed by atoms with van der Waals surface area (Å²) in [5.41, 5.74) is 0.577. The third-order valence-corrected chi connectivity index (χ3v) is 4.53. The Labute approximate surface area is 87.3 Å². The summed E-state index contributed by atoms with van der Waals surface area (Å²) in [4.78, 5) is 11.5. The summed E-state index contributed by atoms with van der Waals surface area (Å²) in [5.74, 6) is 1.46. The second-order valence-electron chi connectivity index (χ2n) is 5.66. The molecule has 0 amide bonds. The molecule has 0 heterocycles. The van der Waals surface area contributed by atoms with Crippen LogP contribution in [0.1, 0.15) is 58.8 Å². The molecule has 2 fully saturated rings. The normalized spacial score (nSPS) is 36.1. The molecule has 0 bridgehead atoms. The van der Waals surface area contributed by atoms with Crippen LogP contribution in [0.2, 0.25) is 0 Å². The Morgan fingerprint density at radius 1 is 1.14 bits per heavy atom. The molecule has 2 aliphatic rings. The van der Waals surface area contributed by atoms with Gasteiger partial charge in [-0.3, -0.25) is 4.79 Å². The van der Waals surface area contributed by atoms with Gasteiger partial charge in [0.1, 0.15) is 5.78 Å². The maximum atomic E-state index is 11.5. The molecule has 2 rings (SSSR count). The zero-order chi connectivity index (χ0) is 10.2. The lowest BCUT2D eigenvalue weighted by atomic mass is 9.72. The first-order valence-electron chi connectivity index (χ1n) is 6.13. The van der Waals surface area contributed by atoms with Gasteiger partial charge in [0.25, 0.3) is 0 Å². The molecule has 0 aromatic carbocycles. The fraction of sp³-hybridized carbons (Fsp3) is 0.923. The van der Waals surface area contributed by atoms with Gasteiger partial charge in [-0.25, -0.2) is 0 Å². The van der Waals surface area contributed by atoms with E-state index in [0.29, 0.717) is 23.0 Å². The summed E-state index contributed by atoms with van der Waals surface area (Å²) >= 11 is 0. The topological polar surface area (TPSA) is 17.1 Å². The van der Waals surface area contributed by atoms with E-state index in [0.717, 1.165) is 0 Å². The zero-order valence-corrected chi connectivity index (χ0v) is 9.51. The molecule has 1 nitrogen and oxygen atoms in total. The van der Waals surface area contributed by atoms with E-state index in [9.17, 15) is 4.79 Å². The van der Waals surface area contributed by atoms with E-state index in [1.807, 2.05) is 0 Å². The molecule has 0 aromatic rings. The van der Waals surface area contributed by atoms with Gasteiger partial charge in [-0.1, -0.05) is 26.2 Å². The molecule has 2 atom stereocenters. The minimum atomic E-state index is 0.382. The van der Waals surface area contributed by atoms with Gasteiger partial charge in [0.15, 0.2) is 0 Å². The number of rotatable bonds is 1. The van der Waals surface area contributed by atoms with E-state index in [1.54, 1.807) is 6.92 Å². The molecule has 1 spiro atoms. The van der Waals surface area contributed by atoms with Crippen LogP contribution in [0.3, 0.4) is 0 Å². The maximum absolute atomic E-state index is 11.5. The van der Waals surface area contributed by atoms with Crippen LogP contribution in [0.4, 0.5) is 0 Å². The molecule has 80 valence electrons. The van der Waals surface area contributed by atoms with Crippen LogP contribution >= 0.6 is 0 Å². The lowest BCUT2D eigenvalue weighted by Crippen LogP contribution is -2.21. The molecule has 0 radical (unpaired) electrons. The second-order valence-corrected chi connectivity index (χ2v) is 5.66. The average Bonchev–Trinajstić information content (AvgIpc) is 2.44. The molecule has 2 aliphatic carbocycles. The van der Waals surface area contributed by atoms with Crippen LogP contribution in [0.5, 0.6) is 0 Å². The molecule has 0 N–H and O–H groups in total. The van der Waals surface area contributed by atoms with Crippen molar-refractivity contribution in [3.63, 3.8) is 0 Å². The van der Waals surface area contributed by atoms with Crippen molar-refractivity contribution in [2.75, 3.05) is 0 Å². The summed E-state index contributed by atoms with van der Waals surface area (Å²) < 4.78 is 0. The van der Waals surface area contributed by atoms with Gasteiger partial charge in [-0.15, -0.1) is 0 Å². The fourth-order valence-corrected chi connectivity index (χ4v) is 3.83. The average molecular weight is 194 g/mol. The number of ketones is 1. The van der Waals surface area contributed by atoms with Crippen LogP contribution in [-0.4, -0.2) is 5.78 Å². The predicted octanol–water partition coefficient (Wildman–Crippen LogP) is 3.57. The quantitative estimate of drug-likeness (QED) is 0.623. The predicted molar refractivity (Wildman–Crippen MR) is 58.1 cm³/mol. The number of carbonyl (C=O) groups excluding carboxylic acids is 1. The van der Waals surface area contributed by atoms with Gasteiger partial charge in [0.2, 0.25) is 0 Å². The van der Waals surface area contributed by atoms with Gasteiger partial charge in [0, 0.05) is 5.92 Å². The van der Waals surface area contributed by atoms with Gasteiger partial charge in [-0.05, 0) is 43.9 Å². The monoisotopic (exact) mass is 194 g/mol. The van der Waals surface area contributed by atoms with Crippen LogP contribution in [0, 0.1) is 17.3 Å². The van der Waals surface area contributed by atoms with Crippen LogP contribution in [-0.2, 0) is 4.79 Å². The molecule has 0 aliphatic heterocycles. The van der Waals surface area contributed by atoms with Gasteiger partial charge < -0.3 is 0 Å². The van der Waals surface area contributed by atoms with Gasteiger partial charge in [-0.2, -0.15) is 0 Å². The number of hydrogen-bond donors (Lipinski definition) is 0. The molecular formula is C13H22O. The Hall–Kier alpha value is -0.330. The minimum absolute atomic E-state index is 0.382. The Morgan fingerprint density at radius 3 is 2.29 bits per heavy atom. The van der Waals surface area contributed by atoms with Crippen molar-refractivity contribution in [1.82, 2.24) is 0 Å². The van der Waals surface area contributed by atoms with E-state index >= 15 is 0 Å². The van der Waals surface area contributed by atoms with E-state index in [4.69, 9.17) is 0 Å². The van der Waals surface area contributed by atoms with Crippen molar-refractivity contribution in [3.05, 3.63) is 0 Å². The molecule has 2 saturated carbocycles. The first-order valence-corrected chi connectivity index (χ1v) is 6.13. The highest BCUT2D eigenvalue weighted by Gasteiger charge is 2.44. The third kappa shape index (κ3) is 1.74. The summed E-state index contributed by atoms with van der Waals surface area (Å²) in [6, 6.07) is 0. The van der Waals surface area contributed by atoms with Crippen molar-refractivity contribution in [2.45, 2.75) is 58.8 Å². The molecule has 2 unspecified atom stereocenters. The van der Waals surface area contributed by atoms with Crippen molar-refractivity contribution in [1.29, 1.82) is 0 Å². The van der Waals surface area contributed by atoms with Gasteiger partial charge in [0.05, 0.1) is 0 Å². The summed E-state index contributed by atoms with van der Waals surface area (Å²) in [7, 11) is 0. The van der Waals surface area contributed by atoms with Crippen molar-refractivity contribution >= 4 is 5.78 Å². The Balaban J connectivity index is 2.06. The lowest BCUT2D eigenvalue weighted by molar-refractivity contribution is -0.121. The van der Waals surface area contributed by atoms with E-state index in [2.05, 4.69) is 6.92 Å². The number of Topliss-reactive ketones (excluding diaryl/α,β-unsaturated/α-hetero) is 1. The Morgan fingerprint density at radius 2 is 1.79 bits per heavy atom. The van der Waals surface area contributed by atoms with E-state index < -0.39 is 0 Å². The lowest BCUT2D eigenvalue weighted by Gasteiger charge is -2.33. The van der Waals surface area contributed by atoms with Crippen molar-refractivity contribution < 1.29 is 4.79 Å². The molecule has 0 saturated heterocycles. The highest BCUT2D eigenvalue weighted by Crippen LogP contribution is 2.53. The zero-order valence-electron chi connectivity index (χ0n) is 9.51. The van der Waals surface area contributed by atoms with E-state index in [1.165, 1.54) is 44.9 Å². The number of carbonyl (C=O) groups is 1. The summed E-state index contributed by atoms with van der Waals surface area (Å²) in [6.07, 6.45) is 9.51. The third-order valence-electron chi connectivity index (χ3n) is 4.53. The molecule has 1 heteroatoms. The second kappa shape index (κ2) is 3.67. The maximum Gasteiger partial charge on any atom is 0.133 e. The van der Waals surface area contributed by atoms with Crippen LogP contribution in [0.15, 0.2) is 0 Å². The van der Waals surface area contributed by atoms with Crippen molar-refractivity contribution in [3.8, 4) is 0 Å². The first kappa shape index (κ1) is 10.2. The SMILES string of the molecule is CC(=O)C1CC2(CCCCC2)CC1C. The Kier molecular flexibility index (Phi) is 2.68. The highest BCUT2D eigenvalue weighted by molar-refractivity contribution is 5.79. The summed E-state index contributed by atoms with van der Waals surface area (Å²) in [6.45, 7) is 4.05. The van der Waals surface area contributed by atoms with Gasteiger partial charge >= 0.3 is 0 Å². The number of hydrogen-bond acceptors (Lipinski definition) is 1. The van der Waals surface area contributed by atoms with Crippen molar-refractivity contribution in [2.24, 2.45) is 17.3 Å². The minimum Gasteiger partial charge on any atom is -0.300 e. The first-order chi connectivity index (χ1) is 6.63. The van der Waals surface area contributed by atoms with Crippen LogP contribution < -0.4 is 0 Å².